The molecular weight excluding hydrogens is 378 g/mol. The first-order valence-electron chi connectivity index (χ1n) is 7.98. The van der Waals surface area contributed by atoms with Crippen LogP contribution in [0.3, 0.4) is 0 Å². The lowest BCUT2D eigenvalue weighted by Crippen LogP contribution is -2.13. The van der Waals surface area contributed by atoms with Gasteiger partial charge in [-0.3, -0.25) is 10.1 Å². The second kappa shape index (κ2) is 8.16. The Morgan fingerprint density at radius 3 is 2.61 bits per heavy atom. The third-order valence-electron chi connectivity index (χ3n) is 3.72. The van der Waals surface area contributed by atoms with Crippen LogP contribution in [0.15, 0.2) is 59.5 Å². The summed E-state index contributed by atoms with van der Waals surface area (Å²) < 4.78 is 0. The number of hydrogen-bond donors (Lipinski definition) is 3. The quantitative estimate of drug-likeness (QED) is 0.449. The third-order valence-corrected chi connectivity index (χ3v) is 4.48. The SMILES string of the molecule is N#C/C(=C\c1ccc(O)c(C(=O)O)c1)C(=O)Nc1nc(-c2ccccc2)cs1. The number of thiazole rings is 1. The molecule has 0 atom stereocenters. The molecule has 0 fully saturated rings. The summed E-state index contributed by atoms with van der Waals surface area (Å²) in [5, 5.41) is 32.6. The molecule has 0 unspecified atom stereocenters. The highest BCUT2D eigenvalue weighted by Crippen LogP contribution is 2.25. The first kappa shape index (κ1) is 18.8. The predicted octanol–water partition coefficient (Wildman–Crippen LogP) is 3.76. The molecule has 7 nitrogen and oxygen atoms in total. The second-order valence-corrected chi connectivity index (χ2v) is 6.47. The highest BCUT2D eigenvalue weighted by Gasteiger charge is 2.14. The van der Waals surface area contributed by atoms with Crippen molar-refractivity contribution in [2.45, 2.75) is 0 Å². The van der Waals surface area contributed by atoms with Gasteiger partial charge in [0.2, 0.25) is 0 Å². The van der Waals surface area contributed by atoms with E-state index in [2.05, 4.69) is 10.3 Å². The maximum absolute atomic E-state index is 12.4. The summed E-state index contributed by atoms with van der Waals surface area (Å²) in [7, 11) is 0. The predicted molar refractivity (Wildman–Crippen MR) is 105 cm³/mol. The minimum Gasteiger partial charge on any atom is -0.507 e. The van der Waals surface area contributed by atoms with Gasteiger partial charge in [0.1, 0.15) is 23.0 Å². The van der Waals surface area contributed by atoms with E-state index in [-0.39, 0.29) is 11.1 Å². The minimum atomic E-state index is -1.31. The van der Waals surface area contributed by atoms with E-state index in [1.807, 2.05) is 30.3 Å². The molecular formula is C20H13N3O4S. The molecule has 0 aliphatic rings. The molecule has 1 amide bonds. The zero-order valence-corrected chi connectivity index (χ0v) is 15.1. The Bertz CT molecular complexity index is 1110. The summed E-state index contributed by atoms with van der Waals surface area (Å²) in [6, 6.07) is 15.0. The first-order chi connectivity index (χ1) is 13.5. The zero-order chi connectivity index (χ0) is 20.1. The number of carboxylic acids is 1. The van der Waals surface area contributed by atoms with Gasteiger partial charge in [-0.1, -0.05) is 36.4 Å². The molecule has 3 aromatic rings. The number of aromatic nitrogens is 1. The van der Waals surface area contributed by atoms with Crippen LogP contribution in [-0.2, 0) is 4.79 Å². The summed E-state index contributed by atoms with van der Waals surface area (Å²) in [5.74, 6) is -2.38. The molecule has 8 heteroatoms. The number of carbonyl (C=O) groups is 2. The number of nitrogens with one attached hydrogen (secondary N) is 1. The Morgan fingerprint density at radius 1 is 1.18 bits per heavy atom. The molecule has 1 heterocycles. The number of aromatic carboxylic acids is 1. The van der Waals surface area contributed by atoms with Gasteiger partial charge in [-0.05, 0) is 23.8 Å². The van der Waals surface area contributed by atoms with Gasteiger partial charge < -0.3 is 10.2 Å². The zero-order valence-electron chi connectivity index (χ0n) is 14.3. The summed E-state index contributed by atoms with van der Waals surface area (Å²) in [6.07, 6.45) is 1.24. The Kier molecular flexibility index (Phi) is 5.48. The van der Waals surface area contributed by atoms with Crippen molar-refractivity contribution in [3.63, 3.8) is 0 Å². The number of anilines is 1. The van der Waals surface area contributed by atoms with Gasteiger partial charge >= 0.3 is 5.97 Å². The largest absolute Gasteiger partial charge is 0.507 e. The van der Waals surface area contributed by atoms with Crippen molar-refractivity contribution in [2.75, 3.05) is 5.32 Å². The summed E-state index contributed by atoms with van der Waals surface area (Å²) in [4.78, 5) is 27.8. The fourth-order valence-corrected chi connectivity index (χ4v) is 3.08. The van der Waals surface area contributed by atoms with Crippen LogP contribution in [0.2, 0.25) is 0 Å². The van der Waals surface area contributed by atoms with Crippen LogP contribution >= 0.6 is 11.3 Å². The minimum absolute atomic E-state index is 0.224. The summed E-state index contributed by atoms with van der Waals surface area (Å²) in [5.41, 5.74) is 1.36. The van der Waals surface area contributed by atoms with E-state index in [0.29, 0.717) is 16.4 Å². The van der Waals surface area contributed by atoms with Gasteiger partial charge in [-0.15, -0.1) is 11.3 Å². The number of phenols is 1. The molecule has 0 saturated heterocycles. The average molecular weight is 391 g/mol. The van der Waals surface area contributed by atoms with E-state index in [9.17, 15) is 20.0 Å². The van der Waals surface area contributed by atoms with Crippen molar-refractivity contribution in [3.05, 3.63) is 70.6 Å². The van der Waals surface area contributed by atoms with Crippen LogP contribution in [-0.4, -0.2) is 27.1 Å². The number of hydrogen-bond acceptors (Lipinski definition) is 6. The number of amides is 1. The van der Waals surface area contributed by atoms with Gasteiger partial charge in [0, 0.05) is 10.9 Å². The standard InChI is InChI=1S/C20H13N3O4S/c21-10-14(8-12-6-7-17(24)15(9-12)19(26)27)18(25)23-20-22-16(11-28-20)13-4-2-1-3-5-13/h1-9,11,24H,(H,26,27)(H,22,23,25)/b14-8+. The highest BCUT2D eigenvalue weighted by atomic mass is 32.1. The van der Waals surface area contributed by atoms with Crippen molar-refractivity contribution >= 4 is 34.4 Å². The van der Waals surface area contributed by atoms with Crippen molar-refractivity contribution in [1.29, 1.82) is 5.26 Å². The topological polar surface area (TPSA) is 123 Å². The van der Waals surface area contributed by atoms with Crippen molar-refractivity contribution in [3.8, 4) is 23.1 Å². The molecule has 0 radical (unpaired) electrons. The van der Waals surface area contributed by atoms with E-state index in [1.54, 1.807) is 11.4 Å². The molecule has 1 aromatic heterocycles. The maximum Gasteiger partial charge on any atom is 0.339 e. The molecule has 0 bridgehead atoms. The maximum atomic E-state index is 12.4. The van der Waals surface area contributed by atoms with Crippen LogP contribution in [0, 0.1) is 11.3 Å². The Hall–Kier alpha value is -3.96. The molecule has 138 valence electrons. The van der Waals surface area contributed by atoms with Crippen LogP contribution in [0.5, 0.6) is 5.75 Å². The van der Waals surface area contributed by atoms with Crippen molar-refractivity contribution in [1.82, 2.24) is 4.98 Å². The molecule has 3 rings (SSSR count). The number of benzene rings is 2. The fourth-order valence-electron chi connectivity index (χ4n) is 2.37. The normalized spacial score (nSPS) is 10.9. The highest BCUT2D eigenvalue weighted by molar-refractivity contribution is 7.14. The summed E-state index contributed by atoms with van der Waals surface area (Å²) in [6.45, 7) is 0. The lowest BCUT2D eigenvalue weighted by molar-refractivity contribution is -0.112. The van der Waals surface area contributed by atoms with Crippen LogP contribution < -0.4 is 5.32 Å². The number of carbonyl (C=O) groups excluding carboxylic acids is 1. The molecule has 0 aliphatic carbocycles. The van der Waals surface area contributed by atoms with Crippen LogP contribution in [0.25, 0.3) is 17.3 Å². The summed E-state index contributed by atoms with van der Waals surface area (Å²) >= 11 is 1.22. The molecule has 28 heavy (non-hydrogen) atoms. The van der Waals surface area contributed by atoms with Gasteiger partial charge in [-0.2, -0.15) is 5.26 Å². The number of carboxylic acid groups (broad SMARTS) is 1. The third kappa shape index (κ3) is 4.23. The number of aromatic hydroxyl groups is 1. The van der Waals surface area contributed by atoms with E-state index in [4.69, 9.17) is 5.11 Å². The molecule has 3 N–H and O–H groups in total. The van der Waals surface area contributed by atoms with Crippen LogP contribution in [0.4, 0.5) is 5.13 Å². The second-order valence-electron chi connectivity index (χ2n) is 5.61. The van der Waals surface area contributed by atoms with Crippen molar-refractivity contribution < 1.29 is 19.8 Å². The van der Waals surface area contributed by atoms with E-state index in [1.165, 1.54) is 35.6 Å². The number of nitriles is 1. The van der Waals surface area contributed by atoms with Gasteiger partial charge in [0.25, 0.3) is 5.91 Å². The Morgan fingerprint density at radius 2 is 1.93 bits per heavy atom. The molecule has 0 aliphatic heterocycles. The number of nitrogens with zero attached hydrogens (tertiary/aromatic N) is 2. The molecule has 0 saturated carbocycles. The fraction of sp³-hybridized carbons (Fsp3) is 0. The van der Waals surface area contributed by atoms with Gasteiger partial charge in [0.05, 0.1) is 5.69 Å². The van der Waals surface area contributed by atoms with E-state index >= 15 is 0 Å². The molecule has 0 spiro atoms. The van der Waals surface area contributed by atoms with Gasteiger partial charge in [-0.25, -0.2) is 9.78 Å². The first-order valence-corrected chi connectivity index (χ1v) is 8.86. The lowest BCUT2D eigenvalue weighted by Gasteiger charge is -2.03. The monoisotopic (exact) mass is 391 g/mol. The van der Waals surface area contributed by atoms with E-state index in [0.717, 1.165) is 5.56 Å². The number of rotatable bonds is 5. The van der Waals surface area contributed by atoms with Crippen molar-refractivity contribution in [2.24, 2.45) is 0 Å². The Balaban J connectivity index is 1.80. The van der Waals surface area contributed by atoms with E-state index < -0.39 is 17.6 Å². The molecule has 2 aromatic carbocycles. The average Bonchev–Trinajstić information content (AvgIpc) is 3.16. The van der Waals surface area contributed by atoms with Crippen LogP contribution in [0.1, 0.15) is 15.9 Å². The van der Waals surface area contributed by atoms with Gasteiger partial charge in [0.15, 0.2) is 5.13 Å². The lowest BCUT2D eigenvalue weighted by atomic mass is 10.1. The Labute approximate surface area is 163 Å². The smallest absolute Gasteiger partial charge is 0.339 e.